The van der Waals surface area contributed by atoms with E-state index in [2.05, 4.69) is 38.0 Å². The smallest absolute Gasteiger partial charge is 0.153 e. The molecule has 0 spiro atoms. The molecule has 0 bridgehead atoms. The Labute approximate surface area is 114 Å². The van der Waals surface area contributed by atoms with Crippen molar-refractivity contribution in [1.29, 1.82) is 0 Å². The molecule has 2 heterocycles. The minimum Gasteiger partial charge on any atom is -0.494 e. The van der Waals surface area contributed by atoms with E-state index >= 15 is 0 Å². The molecule has 1 aromatic heterocycles. The Bertz CT molecular complexity index is 606. The highest BCUT2D eigenvalue weighted by atomic mass is 79.9. The highest BCUT2D eigenvalue weighted by molar-refractivity contribution is 9.10. The molecular weight excluding hydrogens is 294 g/mol. The molecular formula is C13H16BrN3O. The van der Waals surface area contributed by atoms with E-state index in [1.807, 2.05) is 6.07 Å². The molecule has 0 amide bonds. The first-order valence-electron chi connectivity index (χ1n) is 6.26. The Morgan fingerprint density at radius 3 is 3.11 bits per heavy atom. The van der Waals surface area contributed by atoms with Gasteiger partial charge in [0, 0.05) is 17.6 Å². The fourth-order valence-corrected chi connectivity index (χ4v) is 3.17. The van der Waals surface area contributed by atoms with Crippen LogP contribution in [0.1, 0.15) is 19.0 Å². The van der Waals surface area contributed by atoms with Crippen LogP contribution in [0.2, 0.25) is 0 Å². The Hall–Kier alpha value is -1.23. The Kier molecular flexibility index (Phi) is 2.93. The summed E-state index contributed by atoms with van der Waals surface area (Å²) in [6, 6.07) is 2.05. The number of halogens is 1. The summed E-state index contributed by atoms with van der Waals surface area (Å²) in [4.78, 5) is 0. The van der Waals surface area contributed by atoms with Crippen LogP contribution in [-0.2, 0) is 13.0 Å². The van der Waals surface area contributed by atoms with Crippen molar-refractivity contribution in [3.8, 4) is 5.75 Å². The zero-order chi connectivity index (χ0) is 12.7. The number of hydrogen-bond acceptors (Lipinski definition) is 3. The number of hydrogen-bond donors (Lipinski definition) is 1. The highest BCUT2D eigenvalue weighted by Gasteiger charge is 2.23. The van der Waals surface area contributed by atoms with E-state index in [-0.39, 0.29) is 0 Å². The van der Waals surface area contributed by atoms with Crippen LogP contribution in [0.5, 0.6) is 5.75 Å². The van der Waals surface area contributed by atoms with Crippen LogP contribution in [0.4, 0.5) is 5.69 Å². The molecule has 0 aliphatic carbocycles. The third-order valence-electron chi connectivity index (χ3n) is 3.38. The van der Waals surface area contributed by atoms with E-state index in [4.69, 9.17) is 4.74 Å². The van der Waals surface area contributed by atoms with Gasteiger partial charge in [-0.05, 0) is 41.8 Å². The topological polar surface area (TPSA) is 39.1 Å². The van der Waals surface area contributed by atoms with E-state index < -0.39 is 0 Å². The van der Waals surface area contributed by atoms with Crippen LogP contribution in [0.15, 0.2) is 10.5 Å². The number of rotatable bonds is 3. The van der Waals surface area contributed by atoms with Gasteiger partial charge in [-0.15, -0.1) is 0 Å². The first-order valence-corrected chi connectivity index (χ1v) is 7.05. The van der Waals surface area contributed by atoms with Crippen molar-refractivity contribution in [2.75, 3.05) is 19.0 Å². The van der Waals surface area contributed by atoms with Gasteiger partial charge in [-0.1, -0.05) is 0 Å². The Balaban J connectivity index is 2.33. The van der Waals surface area contributed by atoms with Gasteiger partial charge in [-0.3, -0.25) is 4.68 Å². The Morgan fingerprint density at radius 2 is 2.39 bits per heavy atom. The second-order valence-electron chi connectivity index (χ2n) is 4.47. The van der Waals surface area contributed by atoms with Crippen molar-refractivity contribution >= 4 is 32.5 Å². The van der Waals surface area contributed by atoms with Crippen molar-refractivity contribution in [3.63, 3.8) is 0 Å². The minimum absolute atomic E-state index is 0.873. The van der Waals surface area contributed by atoms with Crippen molar-refractivity contribution in [1.82, 2.24) is 9.78 Å². The van der Waals surface area contributed by atoms with Gasteiger partial charge >= 0.3 is 0 Å². The van der Waals surface area contributed by atoms with Gasteiger partial charge in [0.05, 0.1) is 23.9 Å². The average Bonchev–Trinajstić information content (AvgIpc) is 2.91. The fourth-order valence-electron chi connectivity index (χ4n) is 2.67. The van der Waals surface area contributed by atoms with E-state index in [0.717, 1.165) is 46.3 Å². The number of aryl methyl sites for hydroxylation is 2. The summed E-state index contributed by atoms with van der Waals surface area (Å²) < 4.78 is 8.74. The molecule has 3 rings (SSSR count). The lowest BCUT2D eigenvalue weighted by Crippen LogP contribution is -2.00. The molecule has 0 atom stereocenters. The van der Waals surface area contributed by atoms with E-state index in [1.165, 1.54) is 12.1 Å². The van der Waals surface area contributed by atoms with Crippen molar-refractivity contribution in [3.05, 3.63) is 16.2 Å². The number of benzene rings is 1. The molecule has 4 nitrogen and oxygen atoms in total. The van der Waals surface area contributed by atoms with Crippen LogP contribution in [-0.4, -0.2) is 23.4 Å². The number of aromatic nitrogens is 2. The zero-order valence-corrected chi connectivity index (χ0v) is 12.2. The van der Waals surface area contributed by atoms with Crippen LogP contribution < -0.4 is 10.1 Å². The van der Waals surface area contributed by atoms with Gasteiger partial charge in [0.15, 0.2) is 5.75 Å². The van der Waals surface area contributed by atoms with Crippen LogP contribution in [0.3, 0.4) is 0 Å². The molecule has 1 aromatic carbocycles. The van der Waals surface area contributed by atoms with E-state index in [1.54, 1.807) is 7.11 Å². The second kappa shape index (κ2) is 4.46. The lowest BCUT2D eigenvalue weighted by atomic mass is 10.1. The van der Waals surface area contributed by atoms with Gasteiger partial charge in [0.1, 0.15) is 5.52 Å². The predicted octanol–water partition coefficient (Wildman–Crippen LogP) is 3.19. The molecule has 2 aromatic rings. The number of fused-ring (bicyclic) bond motifs is 3. The Morgan fingerprint density at radius 1 is 1.56 bits per heavy atom. The first-order chi connectivity index (χ1) is 8.76. The van der Waals surface area contributed by atoms with Gasteiger partial charge in [0.25, 0.3) is 0 Å². The van der Waals surface area contributed by atoms with Crippen LogP contribution >= 0.6 is 15.9 Å². The molecule has 18 heavy (non-hydrogen) atoms. The summed E-state index contributed by atoms with van der Waals surface area (Å²) in [6.45, 7) is 3.97. The van der Waals surface area contributed by atoms with E-state index in [0.29, 0.717) is 0 Å². The summed E-state index contributed by atoms with van der Waals surface area (Å²) in [5.41, 5.74) is 3.33. The van der Waals surface area contributed by atoms with Gasteiger partial charge in [-0.2, -0.15) is 5.10 Å². The molecule has 0 saturated carbocycles. The lowest BCUT2D eigenvalue weighted by Gasteiger charge is -2.12. The summed E-state index contributed by atoms with van der Waals surface area (Å²) in [5.74, 6) is 0.915. The minimum atomic E-state index is 0.873. The number of nitrogens with zero attached hydrogens (tertiary/aromatic N) is 2. The normalized spacial score (nSPS) is 13.9. The lowest BCUT2D eigenvalue weighted by molar-refractivity contribution is 0.421. The van der Waals surface area contributed by atoms with Crippen molar-refractivity contribution in [2.45, 2.75) is 26.3 Å². The average molecular weight is 310 g/mol. The SMILES string of the molecule is CCNc1cc(Br)c2nn3c(c2c1OC)CCC3. The predicted molar refractivity (Wildman–Crippen MR) is 76.5 cm³/mol. The third-order valence-corrected chi connectivity index (χ3v) is 3.99. The maximum absolute atomic E-state index is 5.61. The number of methoxy groups -OCH3 is 1. The molecule has 0 radical (unpaired) electrons. The zero-order valence-electron chi connectivity index (χ0n) is 10.6. The first kappa shape index (κ1) is 11.8. The molecule has 0 unspecified atom stereocenters. The number of anilines is 1. The third kappa shape index (κ3) is 1.61. The fraction of sp³-hybridized carbons (Fsp3) is 0.462. The highest BCUT2D eigenvalue weighted by Crippen LogP contribution is 2.41. The molecule has 96 valence electrons. The summed E-state index contributed by atoms with van der Waals surface area (Å²) >= 11 is 3.61. The van der Waals surface area contributed by atoms with Gasteiger partial charge < -0.3 is 10.1 Å². The summed E-state index contributed by atoms with van der Waals surface area (Å²) in [6.07, 6.45) is 2.25. The van der Waals surface area contributed by atoms with Gasteiger partial charge in [-0.25, -0.2) is 0 Å². The maximum Gasteiger partial charge on any atom is 0.153 e. The maximum atomic E-state index is 5.61. The number of ether oxygens (including phenoxy) is 1. The largest absolute Gasteiger partial charge is 0.494 e. The number of nitrogens with one attached hydrogen (secondary N) is 1. The summed E-state index contributed by atoms with van der Waals surface area (Å²) in [5, 5.41) is 9.17. The second-order valence-corrected chi connectivity index (χ2v) is 5.32. The van der Waals surface area contributed by atoms with Crippen molar-refractivity contribution in [2.24, 2.45) is 0 Å². The molecule has 1 aliphatic heterocycles. The molecule has 0 saturated heterocycles. The van der Waals surface area contributed by atoms with Gasteiger partial charge in [0.2, 0.25) is 0 Å². The van der Waals surface area contributed by atoms with Crippen LogP contribution in [0.25, 0.3) is 10.9 Å². The molecule has 1 aliphatic rings. The van der Waals surface area contributed by atoms with Crippen LogP contribution in [0, 0.1) is 0 Å². The van der Waals surface area contributed by atoms with Crippen molar-refractivity contribution < 1.29 is 4.74 Å². The molecule has 1 N–H and O–H groups in total. The molecule has 5 heteroatoms. The van der Waals surface area contributed by atoms with E-state index in [9.17, 15) is 0 Å². The molecule has 0 fully saturated rings. The standard InChI is InChI=1S/C13H16BrN3O/c1-3-15-9-7-8(14)12-11(13(9)18-2)10-5-4-6-17(10)16-12/h7,15H,3-6H2,1-2H3. The monoisotopic (exact) mass is 309 g/mol. The summed E-state index contributed by atoms with van der Waals surface area (Å²) in [7, 11) is 1.72. The quantitative estimate of drug-likeness (QED) is 0.946.